The van der Waals surface area contributed by atoms with E-state index in [1.807, 2.05) is 0 Å². The van der Waals surface area contributed by atoms with Crippen LogP contribution in [0.2, 0.25) is 0 Å². The highest BCUT2D eigenvalue weighted by Gasteiger charge is 2.24. The lowest BCUT2D eigenvalue weighted by Crippen LogP contribution is -2.39. The van der Waals surface area contributed by atoms with Gasteiger partial charge < -0.3 is 5.32 Å². The lowest BCUT2D eigenvalue weighted by atomic mass is 9.82. The molecule has 0 aliphatic heterocycles. The van der Waals surface area contributed by atoms with E-state index in [2.05, 4.69) is 50.4 Å². The zero-order valence-corrected chi connectivity index (χ0v) is 12.1. The number of hydrogen-bond donors (Lipinski definition) is 1. The lowest BCUT2D eigenvalue weighted by Gasteiger charge is -2.34. The maximum atomic E-state index is 3.86. The Bertz CT molecular complexity index is 372. The van der Waals surface area contributed by atoms with Gasteiger partial charge in [-0.1, -0.05) is 56.0 Å². The summed E-state index contributed by atoms with van der Waals surface area (Å²) in [6.07, 6.45) is 6.91. The molecule has 3 atom stereocenters. The van der Waals surface area contributed by atoms with Crippen molar-refractivity contribution in [1.29, 1.82) is 0 Å². The minimum Gasteiger partial charge on any atom is -0.307 e. The Morgan fingerprint density at radius 3 is 2.78 bits per heavy atom. The lowest BCUT2D eigenvalue weighted by molar-refractivity contribution is 0.240. The van der Waals surface area contributed by atoms with Gasteiger partial charge in [-0.05, 0) is 38.2 Å². The molecule has 100 valence electrons. The molecular formula is C17H27N. The van der Waals surface area contributed by atoms with Crippen LogP contribution in [-0.2, 0) is 0 Å². The molecule has 0 amide bonds. The Labute approximate surface area is 112 Å². The zero-order chi connectivity index (χ0) is 13.0. The van der Waals surface area contributed by atoms with Gasteiger partial charge in [0.25, 0.3) is 0 Å². The first-order valence-electron chi connectivity index (χ1n) is 7.53. The molecule has 0 aromatic heterocycles. The van der Waals surface area contributed by atoms with Crippen molar-refractivity contribution in [3.63, 3.8) is 0 Å². The van der Waals surface area contributed by atoms with E-state index in [4.69, 9.17) is 0 Å². The topological polar surface area (TPSA) is 12.0 Å². The Hall–Kier alpha value is -0.820. The molecule has 1 aromatic carbocycles. The summed E-state index contributed by atoms with van der Waals surface area (Å²) in [4.78, 5) is 0. The Kier molecular flexibility index (Phi) is 4.82. The minimum atomic E-state index is 0.474. The molecule has 1 aliphatic carbocycles. The van der Waals surface area contributed by atoms with Gasteiger partial charge in [0.15, 0.2) is 0 Å². The predicted molar refractivity (Wildman–Crippen MR) is 78.8 cm³/mol. The molecule has 18 heavy (non-hydrogen) atoms. The fraction of sp³-hybridized carbons (Fsp3) is 0.647. The summed E-state index contributed by atoms with van der Waals surface area (Å²) in [5.74, 6) is 0.881. The number of benzene rings is 1. The molecular weight excluding hydrogens is 218 g/mol. The van der Waals surface area contributed by atoms with Gasteiger partial charge in [-0.15, -0.1) is 0 Å². The third kappa shape index (κ3) is 3.35. The van der Waals surface area contributed by atoms with E-state index in [1.54, 1.807) is 0 Å². The molecule has 0 saturated heterocycles. The van der Waals surface area contributed by atoms with Gasteiger partial charge in [0.05, 0.1) is 0 Å². The minimum absolute atomic E-state index is 0.474. The number of nitrogens with one attached hydrogen (secondary N) is 1. The molecule has 1 aromatic rings. The summed E-state index contributed by atoms with van der Waals surface area (Å²) in [5, 5.41) is 3.86. The van der Waals surface area contributed by atoms with E-state index < -0.39 is 0 Å². The second-order valence-electron chi connectivity index (χ2n) is 5.86. The van der Waals surface area contributed by atoms with Gasteiger partial charge in [-0.3, -0.25) is 0 Å². The normalized spacial score (nSPS) is 25.9. The average Bonchev–Trinajstić information content (AvgIpc) is 2.39. The standard InChI is InChI=1S/C17H27N/c1-4-15-9-5-6-11-17(15)18-14(3)16-10-7-8-13(2)12-16/h7-8,10,12,14-15,17-18H,4-6,9,11H2,1-3H3/t14-,15?,17?/m1/s1. The van der Waals surface area contributed by atoms with E-state index in [0.717, 1.165) is 12.0 Å². The second kappa shape index (κ2) is 6.38. The smallest absolute Gasteiger partial charge is 0.0294 e. The summed E-state index contributed by atoms with van der Waals surface area (Å²) in [5.41, 5.74) is 2.78. The molecule has 1 aliphatic rings. The fourth-order valence-electron chi connectivity index (χ4n) is 3.27. The quantitative estimate of drug-likeness (QED) is 0.816. The zero-order valence-electron chi connectivity index (χ0n) is 12.1. The molecule has 0 radical (unpaired) electrons. The molecule has 1 nitrogen and oxygen atoms in total. The van der Waals surface area contributed by atoms with Crippen LogP contribution in [0, 0.1) is 12.8 Å². The van der Waals surface area contributed by atoms with Gasteiger partial charge in [-0.2, -0.15) is 0 Å². The van der Waals surface area contributed by atoms with Gasteiger partial charge in [0, 0.05) is 12.1 Å². The van der Waals surface area contributed by atoms with E-state index >= 15 is 0 Å². The molecule has 1 fully saturated rings. The van der Waals surface area contributed by atoms with Crippen molar-refractivity contribution in [3.8, 4) is 0 Å². The van der Waals surface area contributed by atoms with E-state index in [9.17, 15) is 0 Å². The molecule has 0 heterocycles. The summed E-state index contributed by atoms with van der Waals surface area (Å²) in [7, 11) is 0. The number of hydrogen-bond acceptors (Lipinski definition) is 1. The van der Waals surface area contributed by atoms with Crippen LogP contribution < -0.4 is 5.32 Å². The van der Waals surface area contributed by atoms with Crippen molar-refractivity contribution in [2.24, 2.45) is 5.92 Å². The van der Waals surface area contributed by atoms with E-state index in [1.165, 1.54) is 43.2 Å². The van der Waals surface area contributed by atoms with Crippen LogP contribution >= 0.6 is 0 Å². The van der Waals surface area contributed by atoms with Crippen LogP contribution in [-0.4, -0.2) is 6.04 Å². The summed E-state index contributed by atoms with van der Waals surface area (Å²) in [6, 6.07) is 10.1. The maximum Gasteiger partial charge on any atom is 0.0294 e. The van der Waals surface area contributed by atoms with Crippen molar-refractivity contribution in [3.05, 3.63) is 35.4 Å². The van der Waals surface area contributed by atoms with Crippen molar-refractivity contribution in [2.75, 3.05) is 0 Å². The average molecular weight is 245 g/mol. The van der Waals surface area contributed by atoms with Crippen molar-refractivity contribution >= 4 is 0 Å². The predicted octanol–water partition coefficient (Wildman–Crippen LogP) is 4.61. The van der Waals surface area contributed by atoms with Gasteiger partial charge in [-0.25, -0.2) is 0 Å². The van der Waals surface area contributed by atoms with Crippen molar-refractivity contribution < 1.29 is 0 Å². The summed E-state index contributed by atoms with van der Waals surface area (Å²) >= 11 is 0. The third-order valence-electron chi connectivity index (χ3n) is 4.44. The molecule has 1 heteroatoms. The highest BCUT2D eigenvalue weighted by Crippen LogP contribution is 2.28. The molecule has 1 saturated carbocycles. The Morgan fingerprint density at radius 2 is 2.06 bits per heavy atom. The van der Waals surface area contributed by atoms with Gasteiger partial charge >= 0.3 is 0 Å². The van der Waals surface area contributed by atoms with Crippen LogP contribution in [0.4, 0.5) is 0 Å². The second-order valence-corrected chi connectivity index (χ2v) is 5.86. The SMILES string of the molecule is CCC1CCCCC1N[C@H](C)c1cccc(C)c1. The first kappa shape index (κ1) is 13.6. The first-order chi connectivity index (χ1) is 8.70. The van der Waals surface area contributed by atoms with Crippen LogP contribution in [0.5, 0.6) is 0 Å². The molecule has 1 N–H and O–H groups in total. The molecule has 0 bridgehead atoms. The van der Waals surface area contributed by atoms with Crippen LogP contribution in [0.15, 0.2) is 24.3 Å². The Morgan fingerprint density at radius 1 is 1.28 bits per heavy atom. The highest BCUT2D eigenvalue weighted by atomic mass is 15.0. The highest BCUT2D eigenvalue weighted by molar-refractivity contribution is 5.24. The van der Waals surface area contributed by atoms with Crippen LogP contribution in [0.1, 0.15) is 63.1 Å². The largest absolute Gasteiger partial charge is 0.307 e. The third-order valence-corrected chi connectivity index (χ3v) is 4.44. The van der Waals surface area contributed by atoms with Crippen molar-refractivity contribution in [2.45, 2.75) is 65.0 Å². The number of rotatable bonds is 4. The maximum absolute atomic E-state index is 3.86. The molecule has 2 rings (SSSR count). The Balaban J connectivity index is 1.99. The van der Waals surface area contributed by atoms with Gasteiger partial charge in [0.1, 0.15) is 0 Å². The molecule has 2 unspecified atom stereocenters. The van der Waals surface area contributed by atoms with Crippen LogP contribution in [0.25, 0.3) is 0 Å². The first-order valence-corrected chi connectivity index (χ1v) is 7.53. The fourth-order valence-corrected chi connectivity index (χ4v) is 3.27. The van der Waals surface area contributed by atoms with E-state index in [0.29, 0.717) is 6.04 Å². The van der Waals surface area contributed by atoms with Gasteiger partial charge in [0.2, 0.25) is 0 Å². The monoisotopic (exact) mass is 245 g/mol. The number of aryl methyl sites for hydroxylation is 1. The van der Waals surface area contributed by atoms with Crippen LogP contribution in [0.3, 0.4) is 0 Å². The van der Waals surface area contributed by atoms with Crippen molar-refractivity contribution in [1.82, 2.24) is 5.32 Å². The summed E-state index contributed by atoms with van der Waals surface area (Å²) < 4.78 is 0. The molecule has 0 spiro atoms. The van der Waals surface area contributed by atoms with E-state index in [-0.39, 0.29) is 0 Å². The summed E-state index contributed by atoms with van der Waals surface area (Å²) in [6.45, 7) is 6.81.